The van der Waals surface area contributed by atoms with Crippen LogP contribution in [-0.4, -0.2) is 20.5 Å². The van der Waals surface area contributed by atoms with Crippen molar-refractivity contribution in [1.29, 1.82) is 0 Å². The van der Waals surface area contributed by atoms with Gasteiger partial charge < -0.3 is 5.32 Å². The Balaban J connectivity index is 0.00000324. The van der Waals surface area contributed by atoms with E-state index in [1.165, 1.54) is 6.07 Å². The molecule has 0 spiro atoms. The van der Waals surface area contributed by atoms with E-state index < -0.39 is 27.8 Å². The zero-order chi connectivity index (χ0) is 23.6. The average molecular weight is 513 g/mol. The Bertz CT molecular complexity index is 1230. The van der Waals surface area contributed by atoms with Gasteiger partial charge in [0.2, 0.25) is 10.0 Å². The third kappa shape index (κ3) is 5.92. The van der Waals surface area contributed by atoms with Crippen molar-refractivity contribution in [2.24, 2.45) is 0 Å². The summed E-state index contributed by atoms with van der Waals surface area (Å²) in [5.74, 6) is 0. The summed E-state index contributed by atoms with van der Waals surface area (Å²) in [6, 6.07) is 17.5. The van der Waals surface area contributed by atoms with Crippen molar-refractivity contribution in [2.45, 2.75) is 61.8 Å². The second kappa shape index (κ2) is 10.6. The highest BCUT2D eigenvalue weighted by molar-refractivity contribution is 7.89. The van der Waals surface area contributed by atoms with Crippen LogP contribution in [0.2, 0.25) is 0 Å². The Kier molecular flexibility index (Phi) is 8.29. The van der Waals surface area contributed by atoms with E-state index in [-0.39, 0.29) is 29.4 Å². The van der Waals surface area contributed by atoms with Crippen molar-refractivity contribution in [3.05, 3.63) is 77.9 Å². The Morgan fingerprint density at radius 1 is 0.912 bits per heavy atom. The maximum absolute atomic E-state index is 13.1. The summed E-state index contributed by atoms with van der Waals surface area (Å²) < 4.78 is 67.8. The van der Waals surface area contributed by atoms with Gasteiger partial charge in [-0.15, -0.1) is 12.4 Å². The molecule has 1 saturated carbocycles. The molecule has 0 aromatic heterocycles. The maximum atomic E-state index is 13.1. The van der Waals surface area contributed by atoms with Gasteiger partial charge in [-0.2, -0.15) is 13.2 Å². The van der Waals surface area contributed by atoms with E-state index >= 15 is 0 Å². The molecular weight excluding hydrogens is 485 g/mol. The topological polar surface area (TPSA) is 58.2 Å². The summed E-state index contributed by atoms with van der Waals surface area (Å²) in [6.07, 6.45) is -1.38. The fourth-order valence-corrected chi connectivity index (χ4v) is 5.97. The standard InChI is InChI=1S/C25H27F3N2O2S.ClH/c1-17(21-13-6-9-18-8-2-3-12-22(18)21)29-23-14-4-5-15-24(23)30-33(31,32)20-11-7-10-19(16-20)25(26,27)28;/h2-3,6-13,16-17,23-24,29-30H,4-5,14-15H2,1H3;1H/t17?,23-,24-;/m1./s1. The molecule has 1 aliphatic rings. The number of nitrogens with one attached hydrogen (secondary N) is 2. The largest absolute Gasteiger partial charge is 0.416 e. The van der Waals surface area contributed by atoms with E-state index in [1.54, 1.807) is 0 Å². The normalized spacial score (nSPS) is 20.0. The predicted molar refractivity (Wildman–Crippen MR) is 131 cm³/mol. The van der Waals surface area contributed by atoms with Crippen LogP contribution >= 0.6 is 12.4 Å². The molecule has 3 atom stereocenters. The quantitative estimate of drug-likeness (QED) is 0.412. The fraction of sp³-hybridized carbons (Fsp3) is 0.360. The maximum Gasteiger partial charge on any atom is 0.416 e. The van der Waals surface area contributed by atoms with Crippen LogP contribution in [0.5, 0.6) is 0 Å². The van der Waals surface area contributed by atoms with Gasteiger partial charge in [0.1, 0.15) is 0 Å². The molecule has 0 radical (unpaired) electrons. The molecule has 1 fully saturated rings. The summed E-state index contributed by atoms with van der Waals surface area (Å²) in [5.41, 5.74) is 0.145. The van der Waals surface area contributed by atoms with E-state index in [0.717, 1.165) is 47.7 Å². The summed E-state index contributed by atoms with van der Waals surface area (Å²) in [6.45, 7) is 2.05. The van der Waals surface area contributed by atoms with Crippen LogP contribution in [-0.2, 0) is 16.2 Å². The second-order valence-corrected chi connectivity index (χ2v) is 10.3. The van der Waals surface area contributed by atoms with Crippen LogP contribution in [0.15, 0.2) is 71.6 Å². The van der Waals surface area contributed by atoms with Gasteiger partial charge in [-0.1, -0.05) is 61.4 Å². The number of hydrogen-bond acceptors (Lipinski definition) is 3. The Morgan fingerprint density at radius 3 is 2.29 bits per heavy atom. The lowest BCUT2D eigenvalue weighted by Gasteiger charge is -2.35. The first-order valence-electron chi connectivity index (χ1n) is 11.1. The molecule has 4 nitrogen and oxygen atoms in total. The number of hydrogen-bond donors (Lipinski definition) is 2. The first-order chi connectivity index (χ1) is 15.6. The van der Waals surface area contributed by atoms with Crippen LogP contribution in [0.3, 0.4) is 0 Å². The van der Waals surface area contributed by atoms with Gasteiger partial charge in [0.25, 0.3) is 0 Å². The van der Waals surface area contributed by atoms with Gasteiger partial charge >= 0.3 is 6.18 Å². The predicted octanol–water partition coefficient (Wildman–Crippen LogP) is 6.22. The highest BCUT2D eigenvalue weighted by Crippen LogP contribution is 2.31. The van der Waals surface area contributed by atoms with Crippen molar-refractivity contribution in [2.75, 3.05) is 0 Å². The highest BCUT2D eigenvalue weighted by Gasteiger charge is 2.34. The molecule has 3 aromatic rings. The van der Waals surface area contributed by atoms with Crippen molar-refractivity contribution in [3.63, 3.8) is 0 Å². The molecular formula is C25H28ClF3N2O2S. The van der Waals surface area contributed by atoms with Crippen LogP contribution in [0.1, 0.15) is 49.8 Å². The molecule has 4 rings (SSSR count). The van der Waals surface area contributed by atoms with E-state index in [1.807, 2.05) is 18.2 Å². The highest BCUT2D eigenvalue weighted by atomic mass is 35.5. The molecule has 184 valence electrons. The minimum absolute atomic E-state index is 0. The van der Waals surface area contributed by atoms with Crippen molar-refractivity contribution in [3.8, 4) is 0 Å². The molecule has 2 N–H and O–H groups in total. The van der Waals surface area contributed by atoms with Gasteiger partial charge in [0, 0.05) is 18.1 Å². The zero-order valence-electron chi connectivity index (χ0n) is 18.7. The van der Waals surface area contributed by atoms with Gasteiger partial charge in [0.05, 0.1) is 10.5 Å². The van der Waals surface area contributed by atoms with Gasteiger partial charge in [-0.3, -0.25) is 0 Å². The first kappa shape index (κ1) is 26.5. The minimum atomic E-state index is -4.60. The molecule has 0 heterocycles. The molecule has 34 heavy (non-hydrogen) atoms. The van der Waals surface area contributed by atoms with Crippen molar-refractivity contribution in [1.82, 2.24) is 10.0 Å². The average Bonchev–Trinajstić information content (AvgIpc) is 2.79. The molecule has 3 aromatic carbocycles. The lowest BCUT2D eigenvalue weighted by Crippen LogP contribution is -2.52. The Morgan fingerprint density at radius 2 is 1.56 bits per heavy atom. The zero-order valence-corrected chi connectivity index (χ0v) is 20.3. The number of rotatable bonds is 6. The van der Waals surface area contributed by atoms with E-state index in [2.05, 4.69) is 41.2 Å². The van der Waals surface area contributed by atoms with Crippen LogP contribution in [0.25, 0.3) is 10.8 Å². The number of alkyl halides is 3. The van der Waals surface area contributed by atoms with E-state index in [0.29, 0.717) is 12.5 Å². The van der Waals surface area contributed by atoms with Crippen LogP contribution in [0, 0.1) is 0 Å². The summed E-state index contributed by atoms with van der Waals surface area (Å²) in [4.78, 5) is -0.372. The summed E-state index contributed by atoms with van der Waals surface area (Å²) in [7, 11) is -4.10. The van der Waals surface area contributed by atoms with Gasteiger partial charge in [-0.05, 0) is 54.3 Å². The monoisotopic (exact) mass is 512 g/mol. The lowest BCUT2D eigenvalue weighted by molar-refractivity contribution is -0.137. The molecule has 9 heteroatoms. The van der Waals surface area contributed by atoms with Gasteiger partial charge in [0.15, 0.2) is 0 Å². The third-order valence-corrected chi connectivity index (χ3v) is 7.79. The summed E-state index contributed by atoms with van der Waals surface area (Å²) in [5, 5.41) is 5.85. The van der Waals surface area contributed by atoms with Crippen molar-refractivity contribution >= 4 is 33.2 Å². The number of fused-ring (bicyclic) bond motifs is 1. The molecule has 0 aliphatic heterocycles. The SMILES string of the molecule is CC(N[C@@H]1CCCC[C@H]1NS(=O)(=O)c1cccc(C(F)(F)F)c1)c1cccc2ccccc12.Cl. The molecule has 0 saturated heterocycles. The van der Waals surface area contributed by atoms with E-state index in [4.69, 9.17) is 0 Å². The van der Waals surface area contributed by atoms with Crippen LogP contribution in [0.4, 0.5) is 13.2 Å². The van der Waals surface area contributed by atoms with E-state index in [9.17, 15) is 21.6 Å². The number of halogens is 4. The van der Waals surface area contributed by atoms with Crippen LogP contribution < -0.4 is 10.0 Å². The Hall–Kier alpha value is -2.13. The third-order valence-electron chi connectivity index (χ3n) is 6.30. The molecule has 1 aliphatic carbocycles. The second-order valence-electron chi connectivity index (χ2n) is 8.60. The van der Waals surface area contributed by atoms with Crippen molar-refractivity contribution < 1.29 is 21.6 Å². The smallest absolute Gasteiger partial charge is 0.306 e. The minimum Gasteiger partial charge on any atom is -0.306 e. The lowest BCUT2D eigenvalue weighted by atomic mass is 9.89. The first-order valence-corrected chi connectivity index (χ1v) is 12.6. The molecule has 1 unspecified atom stereocenters. The van der Waals surface area contributed by atoms with Gasteiger partial charge in [-0.25, -0.2) is 13.1 Å². The molecule has 0 bridgehead atoms. The molecule has 0 amide bonds. The fourth-order valence-electron chi connectivity index (χ4n) is 4.62. The summed E-state index contributed by atoms with van der Waals surface area (Å²) >= 11 is 0. The number of benzene rings is 3. The number of sulfonamides is 1. The Labute approximate surface area is 204 Å².